The molecule has 1 aliphatic heterocycles. The Hall–Kier alpha value is -1.10. The number of carbonyl (C=O) groups excluding carboxylic acids is 1. The predicted molar refractivity (Wildman–Crippen MR) is 60.1 cm³/mol. The second-order valence-electron chi connectivity index (χ2n) is 4.21. The van der Waals surface area contributed by atoms with Crippen molar-refractivity contribution in [3.63, 3.8) is 0 Å². The number of likely N-dealkylation sites (tertiary alicyclic amines) is 1. The molecule has 1 amide bonds. The van der Waals surface area contributed by atoms with E-state index in [9.17, 15) is 9.59 Å². The van der Waals surface area contributed by atoms with E-state index in [1.165, 1.54) is 0 Å². The maximum Gasteiger partial charge on any atom is 0.308 e. The van der Waals surface area contributed by atoms with Crippen molar-refractivity contribution in [1.82, 2.24) is 10.2 Å². The van der Waals surface area contributed by atoms with Crippen LogP contribution in [-0.2, 0) is 9.59 Å². The molecule has 0 saturated carbocycles. The molecule has 1 saturated heterocycles. The van der Waals surface area contributed by atoms with Gasteiger partial charge in [0, 0.05) is 25.6 Å². The SMILES string of the molecule is CCNC(=O)CCN1CCC(C(=O)O)C1C. The molecule has 92 valence electrons. The summed E-state index contributed by atoms with van der Waals surface area (Å²) in [6.07, 6.45) is 1.14. The lowest BCUT2D eigenvalue weighted by Crippen LogP contribution is -2.36. The third-order valence-corrected chi connectivity index (χ3v) is 3.20. The zero-order valence-corrected chi connectivity index (χ0v) is 9.90. The second-order valence-corrected chi connectivity index (χ2v) is 4.21. The Morgan fingerprint density at radius 2 is 2.19 bits per heavy atom. The lowest BCUT2D eigenvalue weighted by molar-refractivity contribution is -0.142. The zero-order valence-electron chi connectivity index (χ0n) is 9.90. The number of carbonyl (C=O) groups is 2. The molecular weight excluding hydrogens is 208 g/mol. The highest BCUT2D eigenvalue weighted by Crippen LogP contribution is 2.24. The van der Waals surface area contributed by atoms with Gasteiger partial charge in [0.25, 0.3) is 0 Å². The molecule has 1 fully saturated rings. The fourth-order valence-corrected chi connectivity index (χ4v) is 2.18. The van der Waals surface area contributed by atoms with Gasteiger partial charge in [-0.15, -0.1) is 0 Å². The number of amides is 1. The molecule has 1 heterocycles. The Morgan fingerprint density at radius 1 is 1.50 bits per heavy atom. The molecule has 1 rings (SSSR count). The van der Waals surface area contributed by atoms with Crippen LogP contribution < -0.4 is 5.32 Å². The molecule has 5 heteroatoms. The van der Waals surface area contributed by atoms with Gasteiger partial charge < -0.3 is 10.4 Å². The monoisotopic (exact) mass is 228 g/mol. The van der Waals surface area contributed by atoms with E-state index in [4.69, 9.17) is 5.11 Å². The van der Waals surface area contributed by atoms with Crippen LogP contribution in [0.4, 0.5) is 0 Å². The van der Waals surface area contributed by atoms with Crippen LogP contribution >= 0.6 is 0 Å². The van der Waals surface area contributed by atoms with Crippen LogP contribution in [-0.4, -0.2) is 47.6 Å². The van der Waals surface area contributed by atoms with Gasteiger partial charge in [-0.05, 0) is 26.8 Å². The minimum absolute atomic E-state index is 0.0342. The first-order valence-electron chi connectivity index (χ1n) is 5.79. The van der Waals surface area contributed by atoms with Crippen LogP contribution in [0.3, 0.4) is 0 Å². The first kappa shape index (κ1) is 13.0. The average molecular weight is 228 g/mol. The first-order chi connectivity index (χ1) is 7.56. The highest BCUT2D eigenvalue weighted by atomic mass is 16.4. The molecule has 0 aromatic heterocycles. The molecule has 1 aliphatic rings. The minimum atomic E-state index is -0.729. The van der Waals surface area contributed by atoms with Crippen LogP contribution in [0.5, 0.6) is 0 Å². The fourth-order valence-electron chi connectivity index (χ4n) is 2.18. The summed E-state index contributed by atoms with van der Waals surface area (Å²) in [5.41, 5.74) is 0. The third kappa shape index (κ3) is 3.20. The topological polar surface area (TPSA) is 69.6 Å². The number of carboxylic acids is 1. The Balaban J connectivity index is 2.34. The maximum absolute atomic E-state index is 11.3. The van der Waals surface area contributed by atoms with Crippen LogP contribution in [0.1, 0.15) is 26.7 Å². The fraction of sp³-hybridized carbons (Fsp3) is 0.818. The molecule has 2 N–H and O–H groups in total. The van der Waals surface area contributed by atoms with Crippen LogP contribution in [0, 0.1) is 5.92 Å². The molecule has 0 aromatic rings. The summed E-state index contributed by atoms with van der Waals surface area (Å²) >= 11 is 0. The normalized spacial score (nSPS) is 25.6. The van der Waals surface area contributed by atoms with Crippen molar-refractivity contribution in [2.24, 2.45) is 5.92 Å². The lowest BCUT2D eigenvalue weighted by atomic mass is 10.0. The van der Waals surface area contributed by atoms with Crippen molar-refractivity contribution >= 4 is 11.9 Å². The molecule has 16 heavy (non-hydrogen) atoms. The summed E-state index contributed by atoms with van der Waals surface area (Å²) in [5.74, 6) is -0.976. The van der Waals surface area contributed by atoms with E-state index >= 15 is 0 Å². The molecule has 0 aromatic carbocycles. The number of hydrogen-bond acceptors (Lipinski definition) is 3. The number of nitrogens with one attached hydrogen (secondary N) is 1. The summed E-state index contributed by atoms with van der Waals surface area (Å²) in [6, 6.07) is 0.0342. The van der Waals surface area contributed by atoms with Crippen molar-refractivity contribution in [3.8, 4) is 0 Å². The predicted octanol–water partition coefficient (Wildman–Crippen LogP) is 0.308. The third-order valence-electron chi connectivity index (χ3n) is 3.20. The first-order valence-corrected chi connectivity index (χ1v) is 5.79. The Kier molecular flexibility index (Phi) is 4.73. The number of carboxylic acid groups (broad SMARTS) is 1. The molecule has 0 aliphatic carbocycles. The van der Waals surface area contributed by atoms with Crippen molar-refractivity contribution in [1.29, 1.82) is 0 Å². The Morgan fingerprint density at radius 3 is 2.69 bits per heavy atom. The number of hydrogen-bond donors (Lipinski definition) is 2. The summed E-state index contributed by atoms with van der Waals surface area (Å²) in [4.78, 5) is 24.2. The van der Waals surface area contributed by atoms with Gasteiger partial charge in [-0.2, -0.15) is 0 Å². The van der Waals surface area contributed by atoms with Crippen molar-refractivity contribution in [2.45, 2.75) is 32.7 Å². The highest BCUT2D eigenvalue weighted by Gasteiger charge is 2.35. The molecule has 0 radical (unpaired) electrons. The minimum Gasteiger partial charge on any atom is -0.481 e. The smallest absolute Gasteiger partial charge is 0.308 e. The van der Waals surface area contributed by atoms with Gasteiger partial charge in [-0.25, -0.2) is 0 Å². The van der Waals surface area contributed by atoms with Gasteiger partial charge in [-0.3, -0.25) is 14.5 Å². The standard InChI is InChI=1S/C11H20N2O3/c1-3-12-10(14)5-7-13-6-4-9(8(13)2)11(15)16/h8-9H,3-7H2,1-2H3,(H,12,14)(H,15,16). The summed E-state index contributed by atoms with van der Waals surface area (Å²) in [6.45, 7) is 5.88. The lowest BCUT2D eigenvalue weighted by Gasteiger charge is -2.22. The largest absolute Gasteiger partial charge is 0.481 e. The molecule has 0 spiro atoms. The van der Waals surface area contributed by atoms with Gasteiger partial charge in [0.15, 0.2) is 0 Å². The van der Waals surface area contributed by atoms with Gasteiger partial charge in [0.05, 0.1) is 5.92 Å². The van der Waals surface area contributed by atoms with Gasteiger partial charge in [0.2, 0.25) is 5.91 Å². The second kappa shape index (κ2) is 5.84. The molecule has 0 bridgehead atoms. The zero-order chi connectivity index (χ0) is 12.1. The number of aliphatic carboxylic acids is 1. The number of nitrogens with zero attached hydrogens (tertiary/aromatic N) is 1. The quantitative estimate of drug-likeness (QED) is 0.710. The van der Waals surface area contributed by atoms with E-state index in [1.807, 2.05) is 13.8 Å². The van der Waals surface area contributed by atoms with Gasteiger partial charge in [0.1, 0.15) is 0 Å². The van der Waals surface area contributed by atoms with Crippen molar-refractivity contribution in [3.05, 3.63) is 0 Å². The number of rotatable bonds is 5. The molecule has 2 atom stereocenters. The van der Waals surface area contributed by atoms with E-state index in [2.05, 4.69) is 10.2 Å². The highest BCUT2D eigenvalue weighted by molar-refractivity contribution is 5.76. The summed E-state index contributed by atoms with van der Waals surface area (Å²) in [7, 11) is 0. The van der Waals surface area contributed by atoms with E-state index in [-0.39, 0.29) is 17.9 Å². The summed E-state index contributed by atoms with van der Waals surface area (Å²) in [5, 5.41) is 11.7. The van der Waals surface area contributed by atoms with E-state index in [0.717, 1.165) is 6.54 Å². The van der Waals surface area contributed by atoms with Crippen LogP contribution in [0.2, 0.25) is 0 Å². The van der Waals surface area contributed by atoms with E-state index in [1.54, 1.807) is 0 Å². The van der Waals surface area contributed by atoms with Crippen molar-refractivity contribution < 1.29 is 14.7 Å². The molecular formula is C11H20N2O3. The molecule has 5 nitrogen and oxygen atoms in total. The average Bonchev–Trinajstić information content (AvgIpc) is 2.57. The van der Waals surface area contributed by atoms with Gasteiger partial charge >= 0.3 is 5.97 Å². The van der Waals surface area contributed by atoms with Crippen LogP contribution in [0.15, 0.2) is 0 Å². The van der Waals surface area contributed by atoms with E-state index in [0.29, 0.717) is 25.9 Å². The van der Waals surface area contributed by atoms with Gasteiger partial charge in [-0.1, -0.05) is 0 Å². The maximum atomic E-state index is 11.3. The van der Waals surface area contributed by atoms with Crippen LogP contribution in [0.25, 0.3) is 0 Å². The Bertz CT molecular complexity index is 268. The molecule has 2 unspecified atom stereocenters. The summed E-state index contributed by atoms with van der Waals surface area (Å²) < 4.78 is 0. The van der Waals surface area contributed by atoms with E-state index < -0.39 is 5.97 Å². The van der Waals surface area contributed by atoms with Crippen molar-refractivity contribution in [2.75, 3.05) is 19.6 Å². The Labute approximate surface area is 95.8 Å².